The molecule has 0 saturated carbocycles. The van der Waals surface area contributed by atoms with Gasteiger partial charge in [-0.1, -0.05) is 23.7 Å². The Hall–Kier alpha value is -2.90. The van der Waals surface area contributed by atoms with Gasteiger partial charge in [0.1, 0.15) is 5.92 Å². The van der Waals surface area contributed by atoms with Gasteiger partial charge in [0, 0.05) is 5.02 Å². The summed E-state index contributed by atoms with van der Waals surface area (Å²) in [7, 11) is 1.19. The molecule has 0 aliphatic rings. The third-order valence-corrected chi connectivity index (χ3v) is 3.36. The minimum atomic E-state index is -0.977. The van der Waals surface area contributed by atoms with Crippen LogP contribution in [-0.2, 0) is 9.53 Å². The van der Waals surface area contributed by atoms with Crippen molar-refractivity contribution in [2.45, 2.75) is 5.92 Å². The average Bonchev–Trinajstić information content (AvgIpc) is 2.89. The summed E-state index contributed by atoms with van der Waals surface area (Å²) in [6, 6.07) is 8.46. The maximum Gasteiger partial charge on any atom is 0.355 e. The Balaban J connectivity index is 2.39. The molecule has 1 unspecified atom stereocenters. The maximum atomic E-state index is 12.0. The van der Waals surface area contributed by atoms with Crippen LogP contribution >= 0.6 is 23.8 Å². The van der Waals surface area contributed by atoms with E-state index in [4.69, 9.17) is 34.4 Å². The van der Waals surface area contributed by atoms with Crippen molar-refractivity contribution in [1.29, 1.82) is 5.26 Å². The number of H-pyrrole nitrogens is 1. The third kappa shape index (κ3) is 3.89. The highest BCUT2D eigenvalue weighted by molar-refractivity contribution is 7.71. The van der Waals surface area contributed by atoms with E-state index in [2.05, 4.69) is 20.6 Å². The fourth-order valence-electron chi connectivity index (χ4n) is 1.80. The Morgan fingerprint density at radius 1 is 1.58 bits per heavy atom. The fourth-order valence-corrected chi connectivity index (χ4v) is 2.11. The number of hydrogen-bond acceptors (Lipinski definition) is 8. The highest BCUT2D eigenvalue weighted by atomic mass is 35.5. The van der Waals surface area contributed by atoms with Crippen molar-refractivity contribution in [3.63, 3.8) is 0 Å². The van der Waals surface area contributed by atoms with Gasteiger partial charge in [-0.15, -0.1) is 0 Å². The average molecular weight is 366 g/mol. The van der Waals surface area contributed by atoms with Crippen LogP contribution in [0, 0.1) is 16.1 Å². The van der Waals surface area contributed by atoms with Gasteiger partial charge in [-0.2, -0.15) is 20.1 Å². The zero-order valence-electron chi connectivity index (χ0n) is 12.4. The zero-order valence-corrected chi connectivity index (χ0v) is 13.9. The molecule has 0 amide bonds. The summed E-state index contributed by atoms with van der Waals surface area (Å²) in [5.74, 6) is 3.89. The second-order valence-corrected chi connectivity index (χ2v) is 5.26. The minimum Gasteiger partial charge on any atom is -0.464 e. The quantitative estimate of drug-likeness (QED) is 0.240. The molecule has 1 heterocycles. The molecule has 1 aromatic heterocycles. The fraction of sp³-hybridized carbons (Fsp3) is 0.154. The lowest BCUT2D eigenvalue weighted by molar-refractivity contribution is -0.132. The molecule has 0 radical (unpaired) electrons. The zero-order chi connectivity index (χ0) is 17.7. The van der Waals surface area contributed by atoms with Crippen molar-refractivity contribution < 1.29 is 9.53 Å². The van der Waals surface area contributed by atoms with Crippen LogP contribution in [0.3, 0.4) is 0 Å². The largest absolute Gasteiger partial charge is 0.464 e. The first kappa shape index (κ1) is 17.5. The summed E-state index contributed by atoms with van der Waals surface area (Å²) in [6.45, 7) is 0. The Morgan fingerprint density at radius 2 is 2.25 bits per heavy atom. The number of benzene rings is 1. The summed E-state index contributed by atoms with van der Waals surface area (Å²) >= 11 is 10.7. The number of hydrazone groups is 1. The van der Waals surface area contributed by atoms with E-state index in [1.54, 1.807) is 24.3 Å². The van der Waals surface area contributed by atoms with Crippen LogP contribution in [0.5, 0.6) is 0 Å². The molecule has 4 N–H and O–H groups in total. The monoisotopic (exact) mass is 365 g/mol. The number of halogens is 1. The molecule has 1 aromatic carbocycles. The second-order valence-electron chi connectivity index (χ2n) is 4.44. The molecule has 0 bridgehead atoms. The Morgan fingerprint density at radius 3 is 2.75 bits per heavy atom. The van der Waals surface area contributed by atoms with Crippen molar-refractivity contribution in [2.24, 2.45) is 5.10 Å². The van der Waals surface area contributed by atoms with Gasteiger partial charge in [-0.3, -0.25) is 5.10 Å². The molecule has 24 heavy (non-hydrogen) atoms. The first-order valence-corrected chi connectivity index (χ1v) is 7.26. The predicted octanol–water partition coefficient (Wildman–Crippen LogP) is 1.56. The summed E-state index contributed by atoms with van der Waals surface area (Å²) in [5, 5.41) is 16.4. The molecule has 11 heteroatoms. The van der Waals surface area contributed by atoms with Crippen molar-refractivity contribution in [1.82, 2.24) is 14.9 Å². The van der Waals surface area contributed by atoms with Gasteiger partial charge in [0.05, 0.1) is 13.2 Å². The first-order chi connectivity index (χ1) is 11.5. The van der Waals surface area contributed by atoms with E-state index in [0.717, 1.165) is 4.79 Å². The van der Waals surface area contributed by atoms with Gasteiger partial charge >= 0.3 is 5.97 Å². The number of nitrogen functional groups attached to an aromatic ring is 1. The maximum absolute atomic E-state index is 12.0. The van der Waals surface area contributed by atoms with Crippen LogP contribution < -0.4 is 11.3 Å². The molecular weight excluding hydrogens is 354 g/mol. The highest BCUT2D eigenvalue weighted by Gasteiger charge is 2.26. The number of methoxy groups -OCH3 is 1. The summed E-state index contributed by atoms with van der Waals surface area (Å²) in [5.41, 5.74) is 2.84. The van der Waals surface area contributed by atoms with E-state index in [1.807, 2.05) is 6.07 Å². The number of anilines is 1. The van der Waals surface area contributed by atoms with Crippen LogP contribution in [0.25, 0.3) is 0 Å². The number of esters is 1. The van der Waals surface area contributed by atoms with Crippen molar-refractivity contribution in [3.8, 4) is 6.07 Å². The number of carbonyl (C=O) groups excluding carboxylic acids is 1. The molecule has 124 valence electrons. The number of nitrogens with zero attached hydrogens (tertiary/aromatic N) is 4. The van der Waals surface area contributed by atoms with E-state index >= 15 is 0 Å². The van der Waals surface area contributed by atoms with E-state index in [-0.39, 0.29) is 16.4 Å². The van der Waals surface area contributed by atoms with Gasteiger partial charge in [0.25, 0.3) is 5.95 Å². The van der Waals surface area contributed by atoms with E-state index in [0.29, 0.717) is 10.6 Å². The molecule has 0 spiro atoms. The van der Waals surface area contributed by atoms with Crippen molar-refractivity contribution in [2.75, 3.05) is 18.4 Å². The first-order valence-electron chi connectivity index (χ1n) is 6.47. The lowest BCUT2D eigenvalue weighted by Gasteiger charge is -2.11. The van der Waals surface area contributed by atoms with Crippen molar-refractivity contribution in [3.05, 3.63) is 39.6 Å². The molecule has 1 atom stereocenters. The van der Waals surface area contributed by atoms with Gasteiger partial charge in [0.2, 0.25) is 4.77 Å². The van der Waals surface area contributed by atoms with Crippen LogP contribution in [0.15, 0.2) is 29.4 Å². The van der Waals surface area contributed by atoms with Crippen LogP contribution in [-0.4, -0.2) is 33.7 Å². The number of hydrogen-bond donors (Lipinski definition) is 3. The lowest BCUT2D eigenvalue weighted by atomic mass is 9.95. The van der Waals surface area contributed by atoms with E-state index in [9.17, 15) is 10.1 Å². The summed E-state index contributed by atoms with van der Waals surface area (Å²) < 4.78 is 4.82. The number of nitriles is 1. The molecule has 0 aliphatic carbocycles. The summed E-state index contributed by atoms with van der Waals surface area (Å²) in [6.07, 6.45) is 0. The van der Waals surface area contributed by atoms with Crippen molar-refractivity contribution >= 4 is 41.4 Å². The van der Waals surface area contributed by atoms with Gasteiger partial charge in [-0.05, 0) is 29.9 Å². The van der Waals surface area contributed by atoms with Gasteiger partial charge in [0.15, 0.2) is 5.71 Å². The molecular formula is C13H12ClN7O2S. The molecule has 9 nitrogen and oxygen atoms in total. The second kappa shape index (κ2) is 7.58. The Labute approximate surface area is 146 Å². The number of carbonyl (C=O) groups is 1. The number of nitrogens with two attached hydrogens (primary N) is 1. The Kier molecular flexibility index (Phi) is 5.51. The minimum absolute atomic E-state index is 0.0641. The number of aromatic nitrogens is 3. The van der Waals surface area contributed by atoms with Gasteiger partial charge < -0.3 is 10.6 Å². The normalized spacial score (nSPS) is 12.3. The smallest absolute Gasteiger partial charge is 0.355 e. The molecule has 0 aliphatic heterocycles. The number of aromatic amines is 1. The van der Waals surface area contributed by atoms with Crippen LogP contribution in [0.2, 0.25) is 5.02 Å². The van der Waals surface area contributed by atoms with Crippen LogP contribution in [0.4, 0.5) is 5.95 Å². The predicted molar refractivity (Wildman–Crippen MR) is 90.4 cm³/mol. The molecule has 2 rings (SSSR count). The molecule has 2 aromatic rings. The standard InChI is InChI=1S/C13H12ClN7O2S/c1-23-11(22)10(18-19-12-17-13(24)20-21(12)16)9(6-15)7-2-4-8(14)5-3-7/h2-5,9H,16H2,1H3,(H2,17,19,20,24)/b18-10+. The van der Waals surface area contributed by atoms with Gasteiger partial charge in [-0.25, -0.2) is 10.2 Å². The third-order valence-electron chi connectivity index (χ3n) is 2.93. The lowest BCUT2D eigenvalue weighted by Crippen LogP contribution is -2.25. The van der Waals surface area contributed by atoms with E-state index in [1.165, 1.54) is 7.11 Å². The number of nitrogens with one attached hydrogen (secondary N) is 2. The Bertz CT molecular complexity index is 866. The summed E-state index contributed by atoms with van der Waals surface area (Å²) in [4.78, 5) is 16.9. The molecule has 0 fully saturated rings. The highest BCUT2D eigenvalue weighted by Crippen LogP contribution is 2.20. The topological polar surface area (TPSA) is 134 Å². The number of ether oxygens (including phenoxy) is 1. The van der Waals surface area contributed by atoms with E-state index < -0.39 is 11.9 Å². The number of rotatable bonds is 5. The van der Waals surface area contributed by atoms with Crippen LogP contribution in [0.1, 0.15) is 11.5 Å². The molecule has 0 saturated heterocycles. The SMILES string of the molecule is COC(=O)/C(=N/Nc1nc(=S)[nH]n1N)C(C#N)c1ccc(Cl)cc1.